The zero-order valence-corrected chi connectivity index (χ0v) is 10.6. The van der Waals surface area contributed by atoms with Crippen LogP contribution in [-0.2, 0) is 11.2 Å². The molecular formula is C12H16BrNO. The van der Waals surface area contributed by atoms with Crippen molar-refractivity contribution < 1.29 is 4.79 Å². The maximum Gasteiger partial charge on any atom is 0.154 e. The van der Waals surface area contributed by atoms with Crippen LogP contribution in [0.15, 0.2) is 28.7 Å². The van der Waals surface area contributed by atoms with Gasteiger partial charge in [-0.2, -0.15) is 0 Å². The molecule has 1 aromatic carbocycles. The van der Waals surface area contributed by atoms with E-state index < -0.39 is 0 Å². The van der Waals surface area contributed by atoms with Crippen molar-refractivity contribution in [3.63, 3.8) is 0 Å². The van der Waals surface area contributed by atoms with E-state index in [4.69, 9.17) is 5.73 Å². The summed E-state index contributed by atoms with van der Waals surface area (Å²) in [6.45, 7) is 3.92. The van der Waals surface area contributed by atoms with Crippen LogP contribution in [0.3, 0.4) is 0 Å². The van der Waals surface area contributed by atoms with E-state index in [9.17, 15) is 4.79 Å². The third-order valence-corrected chi connectivity index (χ3v) is 3.19. The normalized spacial score (nSPS) is 12.9. The highest BCUT2D eigenvalue weighted by Crippen LogP contribution is 2.17. The van der Waals surface area contributed by atoms with E-state index >= 15 is 0 Å². The van der Waals surface area contributed by atoms with Crippen LogP contribution in [0.2, 0.25) is 0 Å². The molecule has 0 aliphatic rings. The van der Waals surface area contributed by atoms with Crippen molar-refractivity contribution >= 4 is 21.7 Å². The zero-order valence-electron chi connectivity index (χ0n) is 9.03. The largest absolute Gasteiger partial charge is 0.321 e. The number of nitrogens with two attached hydrogens (primary N) is 1. The van der Waals surface area contributed by atoms with Gasteiger partial charge in [0.15, 0.2) is 5.78 Å². The highest BCUT2D eigenvalue weighted by molar-refractivity contribution is 9.10. The Balaban J connectivity index is 2.71. The number of hydrogen-bond donors (Lipinski definition) is 1. The molecule has 0 saturated heterocycles. The Morgan fingerprint density at radius 2 is 2.00 bits per heavy atom. The average molecular weight is 270 g/mol. The van der Waals surface area contributed by atoms with Crippen LogP contribution in [0.4, 0.5) is 0 Å². The zero-order chi connectivity index (χ0) is 11.4. The summed E-state index contributed by atoms with van der Waals surface area (Å²) in [5, 5.41) is 0. The summed E-state index contributed by atoms with van der Waals surface area (Å²) in [4.78, 5) is 11.8. The average Bonchev–Trinajstić information content (AvgIpc) is 2.20. The van der Waals surface area contributed by atoms with Gasteiger partial charge in [0.25, 0.3) is 0 Å². The second kappa shape index (κ2) is 5.42. The Morgan fingerprint density at radius 1 is 1.40 bits per heavy atom. The van der Waals surface area contributed by atoms with Gasteiger partial charge in [-0.05, 0) is 17.5 Å². The monoisotopic (exact) mass is 269 g/mol. The molecule has 1 rings (SSSR count). The van der Waals surface area contributed by atoms with E-state index in [0.29, 0.717) is 6.42 Å². The van der Waals surface area contributed by atoms with Gasteiger partial charge in [-0.1, -0.05) is 48.0 Å². The first-order chi connectivity index (χ1) is 7.02. The van der Waals surface area contributed by atoms with Crippen molar-refractivity contribution in [3.05, 3.63) is 34.3 Å². The molecule has 2 nitrogen and oxygen atoms in total. The molecule has 2 N–H and O–H groups in total. The summed E-state index contributed by atoms with van der Waals surface area (Å²) < 4.78 is 0.967. The smallest absolute Gasteiger partial charge is 0.154 e. The summed E-state index contributed by atoms with van der Waals surface area (Å²) in [6.07, 6.45) is 0.404. The predicted molar refractivity (Wildman–Crippen MR) is 65.7 cm³/mol. The first-order valence-electron chi connectivity index (χ1n) is 5.04. The summed E-state index contributed by atoms with van der Waals surface area (Å²) >= 11 is 3.42. The molecule has 1 atom stereocenters. The number of benzene rings is 1. The maximum atomic E-state index is 11.8. The number of rotatable bonds is 4. The van der Waals surface area contributed by atoms with Crippen molar-refractivity contribution in [1.82, 2.24) is 0 Å². The molecule has 0 aliphatic carbocycles. The molecule has 0 fully saturated rings. The summed E-state index contributed by atoms with van der Waals surface area (Å²) in [6, 6.07) is 7.37. The Morgan fingerprint density at radius 3 is 2.53 bits per heavy atom. The molecule has 0 heterocycles. The Kier molecular flexibility index (Phi) is 4.48. The van der Waals surface area contributed by atoms with Gasteiger partial charge in [0.2, 0.25) is 0 Å². The minimum atomic E-state index is -0.364. The molecule has 0 aliphatic heterocycles. The molecule has 15 heavy (non-hydrogen) atoms. The van der Waals surface area contributed by atoms with Gasteiger partial charge in [0, 0.05) is 10.9 Å². The van der Waals surface area contributed by atoms with Crippen LogP contribution in [-0.4, -0.2) is 11.8 Å². The van der Waals surface area contributed by atoms with E-state index in [1.807, 2.05) is 38.1 Å². The van der Waals surface area contributed by atoms with Crippen LogP contribution < -0.4 is 5.73 Å². The van der Waals surface area contributed by atoms with Crippen LogP contribution in [0, 0.1) is 5.92 Å². The summed E-state index contributed by atoms with van der Waals surface area (Å²) in [5.41, 5.74) is 6.79. The number of carbonyl (C=O) groups is 1. The third-order valence-electron chi connectivity index (χ3n) is 2.41. The minimum Gasteiger partial charge on any atom is -0.321 e. The standard InChI is InChI=1S/C12H16BrNO/c1-8(2)12(14)11(15)7-9-5-3-4-6-10(9)13/h3-6,8,12H,7,14H2,1-2H3. The van der Waals surface area contributed by atoms with E-state index in [1.165, 1.54) is 0 Å². The highest BCUT2D eigenvalue weighted by atomic mass is 79.9. The van der Waals surface area contributed by atoms with Crippen molar-refractivity contribution in [2.45, 2.75) is 26.3 Å². The molecule has 0 aromatic heterocycles. The Hall–Kier alpha value is -0.670. The van der Waals surface area contributed by atoms with Gasteiger partial charge in [-0.3, -0.25) is 4.79 Å². The molecule has 0 saturated carbocycles. The van der Waals surface area contributed by atoms with Crippen LogP contribution in [0.25, 0.3) is 0 Å². The van der Waals surface area contributed by atoms with E-state index in [-0.39, 0.29) is 17.7 Å². The van der Waals surface area contributed by atoms with Gasteiger partial charge < -0.3 is 5.73 Å². The van der Waals surface area contributed by atoms with Crippen molar-refractivity contribution in [2.24, 2.45) is 11.7 Å². The van der Waals surface area contributed by atoms with E-state index in [1.54, 1.807) is 0 Å². The fourth-order valence-corrected chi connectivity index (χ4v) is 1.74. The molecule has 1 aromatic rings. The second-order valence-electron chi connectivity index (χ2n) is 4.00. The third kappa shape index (κ3) is 3.43. The molecule has 0 spiro atoms. The Labute approximate surface area is 99.0 Å². The summed E-state index contributed by atoms with van der Waals surface area (Å²) in [5.74, 6) is 0.289. The lowest BCUT2D eigenvalue weighted by atomic mass is 9.96. The highest BCUT2D eigenvalue weighted by Gasteiger charge is 2.17. The Bertz CT molecular complexity index is 349. The molecule has 1 unspecified atom stereocenters. The van der Waals surface area contributed by atoms with Gasteiger partial charge in [0.1, 0.15) is 0 Å². The first-order valence-corrected chi connectivity index (χ1v) is 5.83. The van der Waals surface area contributed by atoms with Crippen molar-refractivity contribution in [2.75, 3.05) is 0 Å². The molecule has 82 valence electrons. The summed E-state index contributed by atoms with van der Waals surface area (Å²) in [7, 11) is 0. The second-order valence-corrected chi connectivity index (χ2v) is 4.86. The van der Waals surface area contributed by atoms with Gasteiger partial charge >= 0.3 is 0 Å². The lowest BCUT2D eigenvalue weighted by Gasteiger charge is -2.14. The van der Waals surface area contributed by atoms with E-state index in [0.717, 1.165) is 10.0 Å². The molecule has 0 radical (unpaired) electrons. The van der Waals surface area contributed by atoms with Crippen molar-refractivity contribution in [3.8, 4) is 0 Å². The lowest BCUT2D eigenvalue weighted by molar-refractivity contribution is -0.120. The number of carbonyl (C=O) groups excluding carboxylic acids is 1. The van der Waals surface area contributed by atoms with Gasteiger partial charge in [-0.15, -0.1) is 0 Å². The molecule has 0 amide bonds. The number of hydrogen-bond acceptors (Lipinski definition) is 2. The van der Waals surface area contributed by atoms with E-state index in [2.05, 4.69) is 15.9 Å². The number of Topliss-reactive ketones (excluding diaryl/α,β-unsaturated/α-hetero) is 1. The van der Waals surface area contributed by atoms with Gasteiger partial charge in [0.05, 0.1) is 6.04 Å². The van der Waals surface area contributed by atoms with Gasteiger partial charge in [-0.25, -0.2) is 0 Å². The predicted octanol–water partition coefficient (Wildman–Crippen LogP) is 2.54. The maximum absolute atomic E-state index is 11.8. The number of halogens is 1. The lowest BCUT2D eigenvalue weighted by Crippen LogP contribution is -2.36. The fraction of sp³-hybridized carbons (Fsp3) is 0.417. The van der Waals surface area contributed by atoms with Crippen LogP contribution >= 0.6 is 15.9 Å². The minimum absolute atomic E-state index is 0.0944. The number of ketones is 1. The molecule has 0 bridgehead atoms. The quantitative estimate of drug-likeness (QED) is 0.913. The van der Waals surface area contributed by atoms with Crippen molar-refractivity contribution in [1.29, 1.82) is 0 Å². The van der Waals surface area contributed by atoms with Crippen LogP contribution in [0.1, 0.15) is 19.4 Å². The molecular weight excluding hydrogens is 254 g/mol. The van der Waals surface area contributed by atoms with Crippen LogP contribution in [0.5, 0.6) is 0 Å². The fourth-order valence-electron chi connectivity index (χ4n) is 1.32. The SMILES string of the molecule is CC(C)C(N)C(=O)Cc1ccccc1Br. The molecule has 3 heteroatoms. The topological polar surface area (TPSA) is 43.1 Å². The first kappa shape index (κ1) is 12.4.